The van der Waals surface area contributed by atoms with Crippen molar-refractivity contribution in [2.24, 2.45) is 0 Å². The summed E-state index contributed by atoms with van der Waals surface area (Å²) in [5.41, 5.74) is 1.63. The van der Waals surface area contributed by atoms with Gasteiger partial charge in [-0.3, -0.25) is 9.36 Å². The van der Waals surface area contributed by atoms with E-state index in [4.69, 9.17) is 16.3 Å². The molecule has 9 heteroatoms. The van der Waals surface area contributed by atoms with Gasteiger partial charge in [0.1, 0.15) is 5.75 Å². The lowest BCUT2D eigenvalue weighted by Gasteiger charge is -2.16. The summed E-state index contributed by atoms with van der Waals surface area (Å²) in [6, 6.07) is 11.2. The number of benzene rings is 1. The molecule has 0 aliphatic heterocycles. The van der Waals surface area contributed by atoms with Crippen molar-refractivity contribution < 1.29 is 9.53 Å². The summed E-state index contributed by atoms with van der Waals surface area (Å²) in [6.45, 7) is 8.24. The molecule has 1 aromatic carbocycles. The Balaban J connectivity index is 1.67. The van der Waals surface area contributed by atoms with E-state index >= 15 is 0 Å². The minimum Gasteiger partial charge on any atom is -0.483 e. The number of aromatic nitrogens is 4. The number of aryl methyl sites for hydroxylation is 1. The van der Waals surface area contributed by atoms with E-state index in [2.05, 4.69) is 27.1 Å². The number of thioether (sulfide) groups is 1. The smallest absolute Gasteiger partial charge is 0.234 e. The Morgan fingerprint density at radius 2 is 2.10 bits per heavy atom. The predicted octanol–water partition coefficient (Wildman–Crippen LogP) is 4.69. The van der Waals surface area contributed by atoms with Gasteiger partial charge in [-0.05, 0) is 38.1 Å². The van der Waals surface area contributed by atoms with Gasteiger partial charge in [0.15, 0.2) is 22.2 Å². The number of halogens is 1. The van der Waals surface area contributed by atoms with Gasteiger partial charge in [0, 0.05) is 12.7 Å². The zero-order chi connectivity index (χ0) is 21.5. The first-order valence-electron chi connectivity index (χ1n) is 9.28. The number of carbonyl (C=O) groups excluding carboxylic acids is 1. The molecule has 2 heterocycles. The van der Waals surface area contributed by atoms with Crippen LogP contribution in [0.4, 0.5) is 5.69 Å². The summed E-state index contributed by atoms with van der Waals surface area (Å²) >= 11 is 7.26. The van der Waals surface area contributed by atoms with Gasteiger partial charge < -0.3 is 10.1 Å². The Morgan fingerprint density at radius 3 is 2.80 bits per heavy atom. The molecule has 1 atom stereocenters. The molecule has 0 spiro atoms. The standard InChI is InChI=1S/C21H22ClN5O2S/c1-4-12-27-20(15(3)29-16-9-7-14(2)8-10-16)25-26-21(27)30-13-18(28)24-17-6-5-11-23-19(17)22/h4-11,15H,1,12-13H2,2-3H3,(H,24,28). The number of amides is 1. The van der Waals surface area contributed by atoms with Crippen molar-refractivity contribution in [2.75, 3.05) is 11.1 Å². The third-order valence-corrected chi connectivity index (χ3v) is 5.39. The van der Waals surface area contributed by atoms with Crippen molar-refractivity contribution in [1.82, 2.24) is 19.7 Å². The maximum absolute atomic E-state index is 12.3. The van der Waals surface area contributed by atoms with Gasteiger partial charge in [0.25, 0.3) is 0 Å². The van der Waals surface area contributed by atoms with E-state index in [1.807, 2.05) is 42.7 Å². The van der Waals surface area contributed by atoms with Crippen LogP contribution in [-0.2, 0) is 11.3 Å². The second-order valence-corrected chi connectivity index (χ2v) is 7.79. The molecular formula is C21H22ClN5O2S. The quantitative estimate of drug-likeness (QED) is 0.293. The first-order valence-corrected chi connectivity index (χ1v) is 10.6. The number of hydrogen-bond acceptors (Lipinski definition) is 6. The largest absolute Gasteiger partial charge is 0.483 e. The molecular weight excluding hydrogens is 422 g/mol. The first kappa shape index (κ1) is 21.9. The number of rotatable bonds is 9. The number of nitrogens with zero attached hydrogens (tertiary/aromatic N) is 4. The number of hydrogen-bond donors (Lipinski definition) is 1. The minimum atomic E-state index is -0.322. The molecule has 0 saturated heterocycles. The van der Waals surface area contributed by atoms with Crippen LogP contribution in [0.5, 0.6) is 5.75 Å². The predicted molar refractivity (Wildman–Crippen MR) is 119 cm³/mol. The molecule has 1 N–H and O–H groups in total. The van der Waals surface area contributed by atoms with Crippen molar-refractivity contribution >= 4 is 35.0 Å². The zero-order valence-corrected chi connectivity index (χ0v) is 18.3. The van der Waals surface area contributed by atoms with Gasteiger partial charge in [-0.2, -0.15) is 0 Å². The Labute approximate surface area is 184 Å². The normalized spacial score (nSPS) is 11.7. The average molecular weight is 444 g/mol. The van der Waals surface area contributed by atoms with E-state index < -0.39 is 0 Å². The maximum atomic E-state index is 12.3. The Morgan fingerprint density at radius 1 is 1.33 bits per heavy atom. The second kappa shape index (κ2) is 10.3. The molecule has 7 nitrogen and oxygen atoms in total. The van der Waals surface area contributed by atoms with Crippen molar-refractivity contribution in [3.63, 3.8) is 0 Å². The van der Waals surface area contributed by atoms with Crippen molar-refractivity contribution in [3.05, 3.63) is 71.8 Å². The van der Waals surface area contributed by atoms with E-state index in [9.17, 15) is 4.79 Å². The van der Waals surface area contributed by atoms with Gasteiger partial charge in [-0.1, -0.05) is 47.1 Å². The number of anilines is 1. The second-order valence-electron chi connectivity index (χ2n) is 6.49. The number of pyridine rings is 1. The third-order valence-electron chi connectivity index (χ3n) is 4.12. The first-order chi connectivity index (χ1) is 14.5. The molecule has 0 fully saturated rings. The highest BCUT2D eigenvalue weighted by Crippen LogP contribution is 2.25. The molecule has 0 aliphatic rings. The minimum absolute atomic E-state index is 0.147. The summed E-state index contributed by atoms with van der Waals surface area (Å²) in [4.78, 5) is 16.2. The Hall–Kier alpha value is -2.84. The van der Waals surface area contributed by atoms with Crippen LogP contribution in [-0.4, -0.2) is 31.4 Å². The van der Waals surface area contributed by atoms with Gasteiger partial charge in [0.05, 0.1) is 11.4 Å². The van der Waals surface area contributed by atoms with Crippen molar-refractivity contribution in [2.45, 2.75) is 31.7 Å². The molecule has 30 heavy (non-hydrogen) atoms. The van der Waals surface area contributed by atoms with Crippen LogP contribution in [0.2, 0.25) is 5.15 Å². The number of allylic oxidation sites excluding steroid dienone is 1. The fraction of sp³-hybridized carbons (Fsp3) is 0.238. The van der Waals surface area contributed by atoms with E-state index in [0.29, 0.717) is 23.2 Å². The van der Waals surface area contributed by atoms with Gasteiger partial charge in [-0.25, -0.2) is 4.98 Å². The summed E-state index contributed by atoms with van der Waals surface area (Å²) in [7, 11) is 0. The van der Waals surface area contributed by atoms with Crippen LogP contribution < -0.4 is 10.1 Å². The van der Waals surface area contributed by atoms with Crippen LogP contribution >= 0.6 is 23.4 Å². The van der Waals surface area contributed by atoms with E-state index in [-0.39, 0.29) is 22.9 Å². The van der Waals surface area contributed by atoms with E-state index in [1.54, 1.807) is 24.4 Å². The molecule has 0 saturated carbocycles. The zero-order valence-electron chi connectivity index (χ0n) is 16.7. The van der Waals surface area contributed by atoms with Crippen LogP contribution in [0.3, 0.4) is 0 Å². The highest BCUT2D eigenvalue weighted by atomic mass is 35.5. The summed E-state index contributed by atoms with van der Waals surface area (Å²) in [6.07, 6.45) is 2.99. The fourth-order valence-corrected chi connectivity index (χ4v) is 3.60. The Kier molecular flexibility index (Phi) is 7.48. The molecule has 3 rings (SSSR count). The van der Waals surface area contributed by atoms with Crippen LogP contribution in [0.15, 0.2) is 60.4 Å². The van der Waals surface area contributed by atoms with Crippen LogP contribution in [0.25, 0.3) is 0 Å². The molecule has 1 unspecified atom stereocenters. The number of ether oxygens (including phenoxy) is 1. The van der Waals surface area contributed by atoms with Crippen LogP contribution in [0.1, 0.15) is 24.4 Å². The molecule has 2 aromatic heterocycles. The van der Waals surface area contributed by atoms with E-state index in [1.165, 1.54) is 11.8 Å². The Bertz CT molecular complexity index is 1020. The highest BCUT2D eigenvalue weighted by molar-refractivity contribution is 7.99. The van der Waals surface area contributed by atoms with Crippen molar-refractivity contribution in [3.8, 4) is 5.75 Å². The van der Waals surface area contributed by atoms with E-state index in [0.717, 1.165) is 11.3 Å². The molecule has 0 radical (unpaired) electrons. The SMILES string of the molecule is C=CCn1c(SCC(=O)Nc2cccnc2Cl)nnc1C(C)Oc1ccc(C)cc1. The lowest BCUT2D eigenvalue weighted by Crippen LogP contribution is -2.16. The van der Waals surface area contributed by atoms with Gasteiger partial charge in [0.2, 0.25) is 5.91 Å². The molecule has 156 valence electrons. The number of carbonyl (C=O) groups is 1. The monoisotopic (exact) mass is 443 g/mol. The molecule has 1 amide bonds. The molecule has 0 bridgehead atoms. The average Bonchev–Trinajstić information content (AvgIpc) is 3.13. The highest BCUT2D eigenvalue weighted by Gasteiger charge is 2.20. The van der Waals surface area contributed by atoms with Crippen molar-refractivity contribution in [1.29, 1.82) is 0 Å². The number of nitrogens with one attached hydrogen (secondary N) is 1. The lowest BCUT2D eigenvalue weighted by atomic mass is 10.2. The van der Waals surface area contributed by atoms with Crippen LogP contribution in [0, 0.1) is 6.92 Å². The summed E-state index contributed by atoms with van der Waals surface area (Å²) in [5.74, 6) is 1.35. The topological polar surface area (TPSA) is 81.9 Å². The van der Waals surface area contributed by atoms with Gasteiger partial charge in [-0.15, -0.1) is 16.8 Å². The molecule has 3 aromatic rings. The fourth-order valence-electron chi connectivity index (χ4n) is 2.68. The maximum Gasteiger partial charge on any atom is 0.234 e. The lowest BCUT2D eigenvalue weighted by molar-refractivity contribution is -0.113. The van der Waals surface area contributed by atoms with Gasteiger partial charge >= 0.3 is 0 Å². The molecule has 0 aliphatic carbocycles. The summed E-state index contributed by atoms with van der Waals surface area (Å²) in [5, 5.41) is 12.1. The third kappa shape index (κ3) is 5.61. The summed E-state index contributed by atoms with van der Waals surface area (Å²) < 4.78 is 7.90.